The number of nitrogens with one attached hydrogen (secondary N) is 2. The van der Waals surface area contributed by atoms with Crippen molar-refractivity contribution < 1.29 is 12.9 Å². The lowest BCUT2D eigenvalue weighted by Crippen LogP contribution is -2.26. The Bertz CT molecular complexity index is 633. The molecular weight excluding hydrogens is 298 g/mol. The molecule has 0 bridgehead atoms. The molecule has 2 rings (SSSR count). The molecule has 0 saturated carbocycles. The molecule has 0 radical (unpaired) electrons. The third-order valence-electron chi connectivity index (χ3n) is 2.59. The fraction of sp³-hybridized carbons (Fsp3) is 0.417. The van der Waals surface area contributed by atoms with Crippen LogP contribution in [-0.2, 0) is 23.1 Å². The molecule has 0 aliphatic carbocycles. The van der Waals surface area contributed by atoms with E-state index in [2.05, 4.69) is 15.2 Å². The van der Waals surface area contributed by atoms with E-state index in [0.29, 0.717) is 23.2 Å². The summed E-state index contributed by atoms with van der Waals surface area (Å²) in [6, 6.07) is 3.54. The lowest BCUT2D eigenvalue weighted by atomic mass is 10.4. The molecule has 8 heteroatoms. The maximum atomic E-state index is 12.3. The molecule has 20 heavy (non-hydrogen) atoms. The van der Waals surface area contributed by atoms with Gasteiger partial charge in [-0.15, -0.1) is 11.3 Å². The van der Waals surface area contributed by atoms with Crippen LogP contribution in [0.4, 0.5) is 0 Å². The molecule has 0 atom stereocenters. The predicted octanol–water partition coefficient (Wildman–Crippen LogP) is 1.71. The molecule has 0 fully saturated rings. The van der Waals surface area contributed by atoms with E-state index >= 15 is 0 Å². The third kappa shape index (κ3) is 3.89. The van der Waals surface area contributed by atoms with Crippen molar-refractivity contribution in [2.75, 3.05) is 0 Å². The number of sulfonamides is 1. The molecule has 2 aromatic heterocycles. The second kappa shape index (κ2) is 6.49. The Balaban J connectivity index is 2.07. The van der Waals surface area contributed by atoms with Gasteiger partial charge in [0, 0.05) is 23.5 Å². The Morgan fingerprint density at radius 1 is 1.35 bits per heavy atom. The highest BCUT2D eigenvalue weighted by atomic mass is 32.2. The number of hydrogen-bond donors (Lipinski definition) is 2. The van der Waals surface area contributed by atoms with Crippen molar-refractivity contribution in [3.05, 3.63) is 34.3 Å². The highest BCUT2D eigenvalue weighted by Gasteiger charge is 2.20. The van der Waals surface area contributed by atoms with Crippen molar-refractivity contribution >= 4 is 21.4 Å². The van der Waals surface area contributed by atoms with Crippen molar-refractivity contribution in [3.63, 3.8) is 0 Å². The maximum absolute atomic E-state index is 12.3. The van der Waals surface area contributed by atoms with E-state index in [0.717, 1.165) is 4.88 Å². The second-order valence-electron chi connectivity index (χ2n) is 4.55. The summed E-state index contributed by atoms with van der Waals surface area (Å²) in [6.45, 7) is 4.66. The zero-order chi connectivity index (χ0) is 14.6. The zero-order valence-corrected chi connectivity index (χ0v) is 12.9. The Morgan fingerprint density at radius 3 is 2.80 bits per heavy atom. The summed E-state index contributed by atoms with van der Waals surface area (Å²) in [5.74, 6) is 0.477. The van der Waals surface area contributed by atoms with Crippen LogP contribution in [-0.4, -0.2) is 19.6 Å². The van der Waals surface area contributed by atoms with Crippen molar-refractivity contribution in [2.45, 2.75) is 37.9 Å². The standard InChI is InChI=1S/C12H17N3O3S2/c1-9(2)13-8-11-12(4-6-19-11)20(16,17)15-7-10-3-5-14-18-10/h3-6,9,13,15H,7-8H2,1-2H3. The molecule has 110 valence electrons. The van der Waals surface area contributed by atoms with E-state index < -0.39 is 10.0 Å². The number of nitrogens with zero attached hydrogens (tertiary/aromatic N) is 1. The summed E-state index contributed by atoms with van der Waals surface area (Å²) in [4.78, 5) is 1.11. The van der Waals surface area contributed by atoms with Crippen LogP contribution in [0.25, 0.3) is 0 Å². The van der Waals surface area contributed by atoms with Crippen molar-refractivity contribution in [2.24, 2.45) is 0 Å². The van der Waals surface area contributed by atoms with Gasteiger partial charge in [0.05, 0.1) is 17.6 Å². The second-order valence-corrected chi connectivity index (χ2v) is 7.28. The molecule has 2 N–H and O–H groups in total. The van der Waals surface area contributed by atoms with E-state index in [4.69, 9.17) is 4.52 Å². The first-order valence-electron chi connectivity index (χ1n) is 6.18. The monoisotopic (exact) mass is 315 g/mol. The fourth-order valence-electron chi connectivity index (χ4n) is 1.57. The minimum Gasteiger partial charge on any atom is -0.360 e. The van der Waals surface area contributed by atoms with E-state index in [9.17, 15) is 8.42 Å². The number of thiophene rings is 1. The van der Waals surface area contributed by atoms with Gasteiger partial charge in [-0.3, -0.25) is 0 Å². The van der Waals surface area contributed by atoms with Crippen LogP contribution in [0.3, 0.4) is 0 Å². The first kappa shape index (κ1) is 15.2. The zero-order valence-electron chi connectivity index (χ0n) is 11.3. The van der Waals surface area contributed by atoms with Crippen LogP contribution < -0.4 is 10.0 Å². The summed E-state index contributed by atoms with van der Waals surface area (Å²) >= 11 is 1.42. The van der Waals surface area contributed by atoms with Gasteiger partial charge >= 0.3 is 0 Å². The van der Waals surface area contributed by atoms with Gasteiger partial charge in [0.1, 0.15) is 0 Å². The topological polar surface area (TPSA) is 84.2 Å². The van der Waals surface area contributed by atoms with E-state index in [-0.39, 0.29) is 6.54 Å². The molecule has 0 aliphatic rings. The van der Waals surface area contributed by atoms with Gasteiger partial charge in [0.15, 0.2) is 5.76 Å². The molecule has 0 aromatic carbocycles. The van der Waals surface area contributed by atoms with Crippen LogP contribution in [0.5, 0.6) is 0 Å². The molecule has 6 nitrogen and oxygen atoms in total. The van der Waals surface area contributed by atoms with Gasteiger partial charge in [0.2, 0.25) is 10.0 Å². The van der Waals surface area contributed by atoms with Gasteiger partial charge in [0.25, 0.3) is 0 Å². The highest BCUT2D eigenvalue weighted by molar-refractivity contribution is 7.89. The average Bonchev–Trinajstić information content (AvgIpc) is 3.05. The quantitative estimate of drug-likeness (QED) is 0.812. The SMILES string of the molecule is CC(C)NCc1sccc1S(=O)(=O)NCc1ccno1. The largest absolute Gasteiger partial charge is 0.360 e. The van der Waals surface area contributed by atoms with Crippen LogP contribution in [0.2, 0.25) is 0 Å². The molecule has 0 spiro atoms. The minimum atomic E-state index is -3.54. The van der Waals surface area contributed by atoms with E-state index in [1.807, 2.05) is 13.8 Å². The summed E-state index contributed by atoms with van der Waals surface area (Å²) in [6.07, 6.45) is 1.48. The Labute approximate surface area is 122 Å². The van der Waals surface area contributed by atoms with Crippen molar-refractivity contribution in [3.8, 4) is 0 Å². The summed E-state index contributed by atoms with van der Waals surface area (Å²) in [5.41, 5.74) is 0. The molecular formula is C12H17N3O3S2. The van der Waals surface area contributed by atoms with Gasteiger partial charge in [-0.05, 0) is 11.4 Å². The Morgan fingerprint density at radius 2 is 2.15 bits per heavy atom. The molecule has 0 aliphatic heterocycles. The van der Waals surface area contributed by atoms with Crippen LogP contribution in [0.1, 0.15) is 24.5 Å². The first-order valence-corrected chi connectivity index (χ1v) is 8.54. The van der Waals surface area contributed by atoms with Crippen LogP contribution in [0.15, 0.2) is 33.1 Å². The summed E-state index contributed by atoms with van der Waals surface area (Å²) in [5, 5.41) is 8.53. The van der Waals surface area contributed by atoms with Crippen LogP contribution in [0, 0.1) is 0 Å². The number of aromatic nitrogens is 1. The fourth-order valence-corrected chi connectivity index (χ4v) is 3.96. The molecule has 0 amide bonds. The lowest BCUT2D eigenvalue weighted by Gasteiger charge is -2.09. The molecule has 0 saturated heterocycles. The Hall–Kier alpha value is -1.22. The van der Waals surface area contributed by atoms with Gasteiger partial charge in [-0.2, -0.15) is 0 Å². The maximum Gasteiger partial charge on any atom is 0.242 e. The summed E-state index contributed by atoms with van der Waals surface area (Å²) < 4.78 is 31.9. The van der Waals surface area contributed by atoms with Gasteiger partial charge in [-0.1, -0.05) is 19.0 Å². The smallest absolute Gasteiger partial charge is 0.242 e. The third-order valence-corrected chi connectivity index (χ3v) is 5.13. The van der Waals surface area contributed by atoms with Gasteiger partial charge < -0.3 is 9.84 Å². The molecule has 0 unspecified atom stereocenters. The first-order chi connectivity index (χ1) is 9.49. The van der Waals surface area contributed by atoms with E-state index in [1.165, 1.54) is 17.5 Å². The number of rotatable bonds is 7. The highest BCUT2D eigenvalue weighted by Crippen LogP contribution is 2.22. The number of hydrogen-bond acceptors (Lipinski definition) is 6. The average molecular weight is 315 g/mol. The molecule has 2 heterocycles. The Kier molecular flexibility index (Phi) is 4.92. The predicted molar refractivity (Wildman–Crippen MR) is 76.8 cm³/mol. The normalized spacial score (nSPS) is 12.2. The minimum absolute atomic E-state index is 0.0925. The lowest BCUT2D eigenvalue weighted by molar-refractivity contribution is 0.380. The van der Waals surface area contributed by atoms with Crippen LogP contribution >= 0.6 is 11.3 Å². The van der Waals surface area contributed by atoms with Crippen molar-refractivity contribution in [1.82, 2.24) is 15.2 Å². The molecule has 2 aromatic rings. The summed E-state index contributed by atoms with van der Waals surface area (Å²) in [7, 11) is -3.54. The van der Waals surface area contributed by atoms with Crippen molar-refractivity contribution in [1.29, 1.82) is 0 Å². The van der Waals surface area contributed by atoms with Gasteiger partial charge in [-0.25, -0.2) is 13.1 Å². The van der Waals surface area contributed by atoms with E-state index in [1.54, 1.807) is 17.5 Å².